The summed E-state index contributed by atoms with van der Waals surface area (Å²) in [6.45, 7) is 13.7. The average molecular weight is 1540 g/mol. The topological polar surface area (TPSA) is 316 Å². The molecule has 0 bridgehead atoms. The van der Waals surface area contributed by atoms with E-state index < -0.39 is 0 Å². The molecule has 2 aliphatic carbocycles. The third-order valence-corrected chi connectivity index (χ3v) is 21.5. The van der Waals surface area contributed by atoms with Crippen LogP contribution in [0.4, 0.5) is 34.9 Å². The largest absolute Gasteiger partial charge is 0.493 e. The van der Waals surface area contributed by atoms with Gasteiger partial charge in [0.1, 0.15) is 40.9 Å². The number of terminal acetylenes is 1. The molecule has 6 N–H and O–H groups in total. The predicted octanol–water partition coefficient (Wildman–Crippen LogP) is 12.1. The number of fused-ring (bicyclic) bond motifs is 3. The monoisotopic (exact) mass is 1540 g/mol. The molecule has 29 nitrogen and oxygen atoms in total. The number of H-pyrrole nitrogens is 3. The van der Waals surface area contributed by atoms with Crippen molar-refractivity contribution in [2.45, 2.75) is 45.6 Å². The minimum Gasteiger partial charge on any atom is -0.493 e. The standard InChI is InChI=1S/C30H31N7O2.C28H29N9O2.C28H31N7O2/c1-3-8-30(9-10-30)20-39-23-6-11-31-26(19-23)25-7-12-32-29(35-25)33-22-4-5-24-21(17-22)18-27(34-24)28(38)37-15-13-36(2)14-16-37;1-35-9-11-37(12-10-35)27(38)26-14-19-13-20(3-4-23(19)33-26)32-28-30-8-6-24(34-28)25-15-22(5-7-29-25)39-17-21-16-36(2)18-31-21;1-28(7-8-28)18-37-21-5-9-29-24(17-21)23-6-10-30-27(33-23)31-20-3-4-22-19(15-20)16-25(32-22)26(36)35-13-11-34(2)12-14-35/h1,4-7,11-12,17-19,34H,8-10,13-16,20H2,2H3,(H,32,33,35);3-8,13-16,18,33H,9-12,17H2,1-2H3,(H,30,32,34);3-6,9-10,15-17,32H,7-8,11-14,18H2,1-2H3,(H,30,31,33). The lowest BCUT2D eigenvalue weighted by Crippen LogP contribution is -2.47. The van der Waals surface area contributed by atoms with Crippen molar-refractivity contribution in [3.8, 4) is 63.8 Å². The third-order valence-electron chi connectivity index (χ3n) is 21.5. The molecule has 0 unspecified atom stereocenters. The molecule has 5 fully saturated rings. The Bertz CT molecular complexity index is 5700. The number of aryl methyl sites for hydroxylation is 1. The minimum atomic E-state index is 0.0311. The molecule has 3 saturated heterocycles. The van der Waals surface area contributed by atoms with E-state index in [1.165, 1.54) is 12.8 Å². The van der Waals surface area contributed by atoms with Gasteiger partial charge in [0.25, 0.3) is 17.7 Å². The van der Waals surface area contributed by atoms with Gasteiger partial charge < -0.3 is 79.1 Å². The van der Waals surface area contributed by atoms with Gasteiger partial charge in [-0.1, -0.05) is 6.92 Å². The second kappa shape index (κ2) is 33.6. The fourth-order valence-corrected chi connectivity index (χ4v) is 13.8. The highest BCUT2D eigenvalue weighted by Gasteiger charge is 2.43. The Hall–Kier alpha value is -13.2. The second-order valence-corrected chi connectivity index (χ2v) is 30.6. The number of nitrogens with zero attached hydrogens (tertiary/aromatic N) is 17. The van der Waals surface area contributed by atoms with Crippen LogP contribution in [0.5, 0.6) is 17.2 Å². The van der Waals surface area contributed by atoms with Gasteiger partial charge in [0, 0.05) is 214 Å². The van der Waals surface area contributed by atoms with Gasteiger partial charge in [-0.05, 0) is 156 Å². The highest BCUT2D eigenvalue weighted by molar-refractivity contribution is 6.01. The zero-order valence-corrected chi connectivity index (χ0v) is 65.0. The minimum absolute atomic E-state index is 0.0311. The van der Waals surface area contributed by atoms with Gasteiger partial charge >= 0.3 is 0 Å². The summed E-state index contributed by atoms with van der Waals surface area (Å²) in [5.41, 5.74) is 12.5. The lowest BCUT2D eigenvalue weighted by atomic mass is 10.1. The number of aromatic nitrogens is 14. The quantitative estimate of drug-likeness (QED) is 0.0343. The smallest absolute Gasteiger partial charge is 0.270 e. The predicted molar refractivity (Wildman–Crippen MR) is 442 cm³/mol. The summed E-state index contributed by atoms with van der Waals surface area (Å²) < 4.78 is 19.8. The van der Waals surface area contributed by atoms with Gasteiger partial charge in [-0.3, -0.25) is 29.3 Å². The van der Waals surface area contributed by atoms with Crippen LogP contribution >= 0.6 is 0 Å². The molecule has 3 aliphatic heterocycles. The van der Waals surface area contributed by atoms with E-state index in [1.807, 2.05) is 160 Å². The van der Waals surface area contributed by atoms with Crippen LogP contribution in [0.2, 0.25) is 0 Å². The number of benzene rings is 3. The number of rotatable bonds is 22. The highest BCUT2D eigenvalue weighted by Crippen LogP contribution is 2.49. The Morgan fingerprint density at radius 1 is 0.426 bits per heavy atom. The lowest BCUT2D eigenvalue weighted by Gasteiger charge is -2.32. The van der Waals surface area contributed by atoms with E-state index in [4.69, 9.17) is 20.6 Å². The number of likely N-dealkylation sites (N-methyl/N-ethyl adjacent to an activating group) is 3. The Kier molecular flexibility index (Phi) is 22.2. The molecule has 3 aromatic carbocycles. The summed E-state index contributed by atoms with van der Waals surface area (Å²) in [5.74, 6) is 6.46. The van der Waals surface area contributed by atoms with Crippen molar-refractivity contribution in [3.63, 3.8) is 0 Å². The first-order valence-corrected chi connectivity index (χ1v) is 38.7. The molecule has 0 atom stereocenters. The SMILES string of the molecule is C#CCC1(COc2ccnc(-c3ccnc(Nc4ccc5[nH]c(C(=O)N6CCN(C)CC6)cc5c4)n3)c2)CC1.CN1CCN(C(=O)c2cc3cc(Nc4nccc(-c5cc(OCC6(C)CC6)ccn5)n4)ccc3[nH]2)CC1.CN1CCN(C(=O)c2cc3cc(Nc4nccc(-c5cc(OCc6cn(C)cn6)ccn5)n4)ccc3[nH]2)CC1. The van der Waals surface area contributed by atoms with Gasteiger partial charge in [0.05, 0.1) is 59.4 Å². The summed E-state index contributed by atoms with van der Waals surface area (Å²) in [6, 6.07) is 40.0. The van der Waals surface area contributed by atoms with E-state index in [-0.39, 0.29) is 23.1 Å². The normalized spacial score (nSPS) is 15.9. The van der Waals surface area contributed by atoms with Crippen LogP contribution < -0.4 is 30.2 Å². The van der Waals surface area contributed by atoms with E-state index >= 15 is 0 Å². The number of amides is 3. The number of hydrogen-bond acceptors (Lipinski definition) is 22. The van der Waals surface area contributed by atoms with Crippen LogP contribution in [0.25, 0.3) is 66.9 Å². The molecule has 10 aromatic heterocycles. The van der Waals surface area contributed by atoms with Gasteiger partial charge in [0.15, 0.2) is 0 Å². The summed E-state index contributed by atoms with van der Waals surface area (Å²) in [6.07, 6.45) is 24.8. The molecular formula is C86H91N23O6. The fraction of sp³-hybridized carbons (Fsp3) is 0.314. The van der Waals surface area contributed by atoms with E-state index in [2.05, 4.69) is 129 Å². The maximum atomic E-state index is 13.0. The van der Waals surface area contributed by atoms with E-state index in [1.54, 1.807) is 43.5 Å². The highest BCUT2D eigenvalue weighted by atomic mass is 16.5. The number of carbonyl (C=O) groups is 3. The molecule has 2 saturated carbocycles. The molecule has 13 aromatic rings. The van der Waals surface area contributed by atoms with Crippen LogP contribution in [0.3, 0.4) is 0 Å². The average Bonchev–Trinajstić information content (AvgIpc) is 1.81. The molecule has 0 spiro atoms. The van der Waals surface area contributed by atoms with Crippen molar-refractivity contribution in [3.05, 3.63) is 200 Å². The summed E-state index contributed by atoms with van der Waals surface area (Å²) >= 11 is 0. The van der Waals surface area contributed by atoms with Gasteiger partial charge in [-0.2, -0.15) is 0 Å². The fourth-order valence-electron chi connectivity index (χ4n) is 13.8. The van der Waals surface area contributed by atoms with Crippen molar-refractivity contribution in [2.24, 2.45) is 17.9 Å². The number of aromatic amines is 3. The molecule has 13 heterocycles. The maximum Gasteiger partial charge on any atom is 0.270 e. The molecule has 29 heteroatoms. The Morgan fingerprint density at radius 2 is 0.791 bits per heavy atom. The van der Waals surface area contributed by atoms with Gasteiger partial charge in [0.2, 0.25) is 17.8 Å². The summed E-state index contributed by atoms with van der Waals surface area (Å²) in [5, 5.41) is 12.7. The summed E-state index contributed by atoms with van der Waals surface area (Å²) in [7, 11) is 8.15. The van der Waals surface area contributed by atoms with Crippen LogP contribution in [0.15, 0.2) is 177 Å². The zero-order valence-electron chi connectivity index (χ0n) is 65.0. The van der Waals surface area contributed by atoms with Crippen LogP contribution in [-0.2, 0) is 13.7 Å². The molecule has 3 amide bonds. The molecule has 5 aliphatic rings. The molecule has 0 radical (unpaired) electrons. The van der Waals surface area contributed by atoms with Gasteiger partial charge in [-0.25, -0.2) is 34.9 Å². The van der Waals surface area contributed by atoms with E-state index in [0.717, 1.165) is 177 Å². The number of ether oxygens (including phenoxy) is 3. The maximum absolute atomic E-state index is 13.0. The Balaban J connectivity index is 0.000000130. The zero-order chi connectivity index (χ0) is 79.0. The second-order valence-electron chi connectivity index (χ2n) is 30.6. The van der Waals surface area contributed by atoms with Crippen LogP contribution in [0, 0.1) is 23.2 Å². The van der Waals surface area contributed by atoms with Crippen molar-refractivity contribution in [2.75, 3.05) is 129 Å². The van der Waals surface area contributed by atoms with Crippen LogP contribution in [0.1, 0.15) is 76.2 Å². The number of hydrogen-bond donors (Lipinski definition) is 6. The molecular weight excluding hydrogens is 1450 g/mol. The number of nitrogens with one attached hydrogen (secondary N) is 6. The number of piperazine rings is 3. The molecule has 18 rings (SSSR count). The first kappa shape index (κ1) is 75.8. The van der Waals surface area contributed by atoms with E-state index in [0.29, 0.717) is 87.8 Å². The van der Waals surface area contributed by atoms with Gasteiger partial charge in [-0.15, -0.1) is 12.3 Å². The number of imidazole rings is 1. The first-order chi connectivity index (χ1) is 55.9. The first-order valence-electron chi connectivity index (χ1n) is 38.7. The van der Waals surface area contributed by atoms with Crippen molar-refractivity contribution < 1.29 is 28.6 Å². The van der Waals surface area contributed by atoms with Crippen LogP contribution in [-0.4, -0.2) is 229 Å². The Labute approximate surface area is 665 Å². The van der Waals surface area contributed by atoms with E-state index in [9.17, 15) is 14.4 Å². The van der Waals surface area contributed by atoms with Crippen molar-refractivity contribution in [1.82, 2.24) is 98.8 Å². The van der Waals surface area contributed by atoms with Crippen molar-refractivity contribution in [1.29, 1.82) is 0 Å². The number of carbonyl (C=O) groups excluding carboxylic acids is 3. The lowest BCUT2D eigenvalue weighted by molar-refractivity contribution is 0.0652. The summed E-state index contributed by atoms with van der Waals surface area (Å²) in [4.78, 5) is 106. The number of pyridine rings is 3. The number of anilines is 6. The van der Waals surface area contributed by atoms with Crippen molar-refractivity contribution >= 4 is 85.3 Å². The third kappa shape index (κ3) is 19.0. The molecule has 586 valence electrons. The molecule has 115 heavy (non-hydrogen) atoms. The Morgan fingerprint density at radius 3 is 1.14 bits per heavy atom.